The number of unbranched alkanes of at least 4 members (excludes halogenated alkanes) is 7. The van der Waals surface area contributed by atoms with Gasteiger partial charge in [0.1, 0.15) is 0 Å². The van der Waals surface area contributed by atoms with E-state index in [1.807, 2.05) is 0 Å². The van der Waals surface area contributed by atoms with Gasteiger partial charge >= 0.3 is 5.97 Å². The number of aliphatic imine (C=N–C) groups is 1. The van der Waals surface area contributed by atoms with Crippen LogP contribution in [0.3, 0.4) is 0 Å². The summed E-state index contributed by atoms with van der Waals surface area (Å²) in [5.41, 5.74) is 0. The number of carbonyl (C=O) groups is 1. The summed E-state index contributed by atoms with van der Waals surface area (Å²) < 4.78 is 0. The number of carboxylic acids is 1. The molecule has 1 N–H and O–H groups in total. The minimum absolute atomic E-state index is 0.0526. The Hall–Kier alpha value is -0.860. The van der Waals surface area contributed by atoms with Gasteiger partial charge in [-0.1, -0.05) is 51.9 Å². The van der Waals surface area contributed by atoms with Crippen LogP contribution in [0.15, 0.2) is 4.99 Å². The van der Waals surface area contributed by atoms with E-state index in [1.54, 1.807) is 0 Å². The predicted molar refractivity (Wildman–Crippen MR) is 68.2 cm³/mol. The molecule has 0 saturated heterocycles. The highest BCUT2D eigenvalue weighted by Crippen LogP contribution is 2.08. The largest absolute Gasteiger partial charge is 0.481 e. The molecule has 0 unspecified atom stereocenters. The highest BCUT2D eigenvalue weighted by Gasteiger charge is 1.91. The summed E-state index contributed by atoms with van der Waals surface area (Å²) in [4.78, 5) is 14.2. The van der Waals surface area contributed by atoms with E-state index in [9.17, 15) is 4.79 Å². The summed E-state index contributed by atoms with van der Waals surface area (Å²) in [6.07, 6.45) is 11.9. The highest BCUT2D eigenvalue weighted by atomic mass is 16.4. The number of nitrogens with zero attached hydrogens (tertiary/aromatic N) is 1. The molecule has 0 saturated carbocycles. The molecule has 0 amide bonds. The minimum Gasteiger partial charge on any atom is -0.481 e. The molecule has 94 valence electrons. The van der Waals surface area contributed by atoms with E-state index in [4.69, 9.17) is 5.11 Å². The molecule has 0 aromatic carbocycles. The molecule has 0 aliphatic carbocycles. The van der Waals surface area contributed by atoms with Gasteiger partial charge in [0.25, 0.3) is 0 Å². The molecule has 0 bridgehead atoms. The number of carboxylic acid groups (broad SMARTS) is 1. The Morgan fingerprint density at radius 3 is 2.19 bits per heavy atom. The van der Waals surface area contributed by atoms with E-state index in [1.165, 1.54) is 51.2 Å². The molecular weight excluding hydrogens is 202 g/mol. The van der Waals surface area contributed by atoms with Crippen molar-refractivity contribution in [3.8, 4) is 0 Å². The minimum atomic E-state index is -0.806. The summed E-state index contributed by atoms with van der Waals surface area (Å²) in [5, 5.41) is 8.37. The van der Waals surface area contributed by atoms with E-state index in [2.05, 4.69) is 11.9 Å². The van der Waals surface area contributed by atoms with Gasteiger partial charge in [0.15, 0.2) is 0 Å². The van der Waals surface area contributed by atoms with Gasteiger partial charge in [-0.2, -0.15) is 0 Å². The average molecular weight is 227 g/mol. The van der Waals surface area contributed by atoms with E-state index >= 15 is 0 Å². The fourth-order valence-electron chi connectivity index (χ4n) is 1.57. The van der Waals surface area contributed by atoms with Gasteiger partial charge in [-0.3, -0.25) is 9.79 Å². The summed E-state index contributed by atoms with van der Waals surface area (Å²) >= 11 is 0. The molecule has 0 fully saturated rings. The Morgan fingerprint density at radius 1 is 1.06 bits per heavy atom. The van der Waals surface area contributed by atoms with Crippen molar-refractivity contribution < 1.29 is 9.90 Å². The van der Waals surface area contributed by atoms with E-state index < -0.39 is 5.97 Å². The van der Waals surface area contributed by atoms with Gasteiger partial charge < -0.3 is 5.11 Å². The molecule has 16 heavy (non-hydrogen) atoms. The van der Waals surface area contributed by atoms with Crippen LogP contribution in [0.25, 0.3) is 0 Å². The fourth-order valence-corrected chi connectivity index (χ4v) is 1.57. The normalized spacial score (nSPS) is 11.1. The molecule has 0 spiro atoms. The maximum Gasteiger partial charge on any atom is 0.308 e. The Kier molecular flexibility index (Phi) is 11.6. The molecule has 0 atom stereocenters. The fraction of sp³-hybridized carbons (Fsp3) is 0.846. The maximum absolute atomic E-state index is 10.2. The smallest absolute Gasteiger partial charge is 0.308 e. The standard InChI is InChI=1S/C13H25NO2/c1-2-3-4-5-6-7-8-9-11-14-12-10-13(15)16/h12H,2-11H2,1H3,(H,15,16). The Labute approximate surface area is 99.0 Å². The van der Waals surface area contributed by atoms with Crippen molar-refractivity contribution in [3.05, 3.63) is 0 Å². The van der Waals surface area contributed by atoms with Crippen LogP contribution in [0.2, 0.25) is 0 Å². The quantitative estimate of drug-likeness (QED) is 0.432. The third-order valence-corrected chi connectivity index (χ3v) is 2.54. The van der Waals surface area contributed by atoms with Crippen molar-refractivity contribution in [2.75, 3.05) is 6.54 Å². The lowest BCUT2D eigenvalue weighted by molar-refractivity contribution is -0.135. The van der Waals surface area contributed by atoms with Gasteiger partial charge in [-0.15, -0.1) is 0 Å². The summed E-state index contributed by atoms with van der Waals surface area (Å²) in [6, 6.07) is 0. The van der Waals surface area contributed by atoms with Crippen molar-refractivity contribution in [3.63, 3.8) is 0 Å². The molecule has 0 aliphatic rings. The van der Waals surface area contributed by atoms with Crippen LogP contribution in [0.5, 0.6) is 0 Å². The second kappa shape index (κ2) is 12.2. The Balaban J connectivity index is 3.03. The van der Waals surface area contributed by atoms with Crippen molar-refractivity contribution >= 4 is 12.2 Å². The molecule has 0 aliphatic heterocycles. The zero-order chi connectivity index (χ0) is 12.1. The van der Waals surface area contributed by atoms with Crippen molar-refractivity contribution in [1.29, 1.82) is 0 Å². The Morgan fingerprint density at radius 2 is 1.62 bits per heavy atom. The van der Waals surface area contributed by atoms with Crippen LogP contribution in [0, 0.1) is 0 Å². The van der Waals surface area contributed by atoms with Crippen LogP contribution >= 0.6 is 0 Å². The molecule has 3 nitrogen and oxygen atoms in total. The first-order chi connectivity index (χ1) is 7.77. The van der Waals surface area contributed by atoms with Crippen LogP contribution in [-0.4, -0.2) is 23.8 Å². The van der Waals surface area contributed by atoms with E-state index in [-0.39, 0.29) is 6.42 Å². The van der Waals surface area contributed by atoms with Gasteiger partial charge in [0.05, 0.1) is 6.42 Å². The monoisotopic (exact) mass is 227 g/mol. The van der Waals surface area contributed by atoms with Crippen LogP contribution < -0.4 is 0 Å². The molecule has 3 heteroatoms. The van der Waals surface area contributed by atoms with Crippen molar-refractivity contribution in [2.24, 2.45) is 4.99 Å². The molecule has 0 aromatic heterocycles. The van der Waals surface area contributed by atoms with E-state index in [0.717, 1.165) is 13.0 Å². The SMILES string of the molecule is CCCCCCCCCCN=CCC(=O)O. The lowest BCUT2D eigenvalue weighted by Crippen LogP contribution is -1.94. The number of hydrogen-bond acceptors (Lipinski definition) is 2. The zero-order valence-corrected chi connectivity index (χ0v) is 10.5. The van der Waals surface area contributed by atoms with Gasteiger partial charge in [0, 0.05) is 12.8 Å². The lowest BCUT2D eigenvalue weighted by atomic mass is 10.1. The summed E-state index contributed by atoms with van der Waals surface area (Å²) in [7, 11) is 0. The summed E-state index contributed by atoms with van der Waals surface area (Å²) in [5.74, 6) is -0.806. The van der Waals surface area contributed by atoms with Gasteiger partial charge in [0.2, 0.25) is 0 Å². The lowest BCUT2D eigenvalue weighted by Gasteiger charge is -1.99. The highest BCUT2D eigenvalue weighted by molar-refractivity contribution is 5.84. The second-order valence-electron chi connectivity index (χ2n) is 4.16. The third-order valence-electron chi connectivity index (χ3n) is 2.54. The third kappa shape index (κ3) is 13.1. The van der Waals surface area contributed by atoms with Crippen molar-refractivity contribution in [2.45, 2.75) is 64.7 Å². The molecule has 0 aromatic rings. The molecule has 0 rings (SSSR count). The second-order valence-corrected chi connectivity index (χ2v) is 4.16. The first-order valence-corrected chi connectivity index (χ1v) is 6.47. The zero-order valence-electron chi connectivity index (χ0n) is 10.5. The maximum atomic E-state index is 10.2. The van der Waals surface area contributed by atoms with Crippen LogP contribution in [0.1, 0.15) is 64.7 Å². The average Bonchev–Trinajstić information content (AvgIpc) is 2.25. The van der Waals surface area contributed by atoms with E-state index in [0.29, 0.717) is 0 Å². The predicted octanol–water partition coefficient (Wildman–Crippen LogP) is 3.67. The Bertz CT molecular complexity index is 190. The van der Waals surface area contributed by atoms with Gasteiger partial charge in [-0.05, 0) is 6.42 Å². The van der Waals surface area contributed by atoms with Crippen molar-refractivity contribution in [1.82, 2.24) is 0 Å². The number of aliphatic carboxylic acids is 1. The first-order valence-electron chi connectivity index (χ1n) is 6.47. The topological polar surface area (TPSA) is 49.7 Å². The molecule has 0 heterocycles. The van der Waals surface area contributed by atoms with Gasteiger partial charge in [-0.25, -0.2) is 0 Å². The summed E-state index contributed by atoms with van der Waals surface area (Å²) in [6.45, 7) is 3.01. The molecule has 0 radical (unpaired) electrons. The van der Waals surface area contributed by atoms with Crippen LogP contribution in [-0.2, 0) is 4.79 Å². The molecular formula is C13H25NO2. The van der Waals surface area contributed by atoms with Crippen LogP contribution in [0.4, 0.5) is 0 Å². The number of rotatable bonds is 11. The number of hydrogen-bond donors (Lipinski definition) is 1. The first kappa shape index (κ1) is 15.1.